The summed E-state index contributed by atoms with van der Waals surface area (Å²) in [4.78, 5) is 35.0. The highest BCUT2D eigenvalue weighted by Gasteiger charge is 2.44. The van der Waals surface area contributed by atoms with Crippen molar-refractivity contribution in [2.45, 2.75) is 43.7 Å². The van der Waals surface area contributed by atoms with Gasteiger partial charge in [-0.15, -0.1) is 0 Å². The van der Waals surface area contributed by atoms with E-state index in [9.17, 15) is 22.8 Å². The molecule has 0 saturated carbocycles. The highest BCUT2D eigenvalue weighted by atomic mass is 32.2. The zero-order valence-corrected chi connectivity index (χ0v) is 14.0. The first-order valence-electron chi connectivity index (χ1n) is 7.31. The molecular weight excluding hydrogens is 336 g/mol. The Hall–Kier alpha value is -2.42. The van der Waals surface area contributed by atoms with Crippen molar-refractivity contribution >= 4 is 27.8 Å². The number of rotatable bonds is 5. The van der Waals surface area contributed by atoms with Crippen molar-refractivity contribution in [1.82, 2.24) is 9.62 Å². The quantitative estimate of drug-likeness (QED) is 0.783. The summed E-state index contributed by atoms with van der Waals surface area (Å²) in [6.45, 7) is 3.05. The fraction of sp³-hybridized carbons (Fsp3) is 0.400. The molecule has 130 valence electrons. The monoisotopic (exact) mass is 354 g/mol. The van der Waals surface area contributed by atoms with Crippen molar-refractivity contribution in [2.75, 3.05) is 0 Å². The van der Waals surface area contributed by atoms with Gasteiger partial charge in [-0.2, -0.15) is 0 Å². The number of sulfonamides is 1. The predicted molar refractivity (Wildman–Crippen MR) is 83.5 cm³/mol. The Morgan fingerprint density at radius 2 is 1.88 bits per heavy atom. The SMILES string of the molecule is Cc1ccc(S(=O)(=O)N2C(=O)CC[C@H]2C(=O)NC(C)C(=O)O)cc1. The highest BCUT2D eigenvalue weighted by Crippen LogP contribution is 2.27. The number of carboxylic acid groups (broad SMARTS) is 1. The normalized spacial score (nSPS) is 19.2. The van der Waals surface area contributed by atoms with Gasteiger partial charge in [0.15, 0.2) is 0 Å². The Morgan fingerprint density at radius 3 is 2.42 bits per heavy atom. The van der Waals surface area contributed by atoms with Gasteiger partial charge in [-0.05, 0) is 32.4 Å². The number of aryl methyl sites for hydroxylation is 1. The zero-order chi connectivity index (χ0) is 18.1. The van der Waals surface area contributed by atoms with E-state index >= 15 is 0 Å². The molecular formula is C15H18N2O6S. The molecule has 1 aromatic carbocycles. The maximum absolute atomic E-state index is 12.7. The molecule has 2 amide bonds. The maximum atomic E-state index is 12.7. The number of amides is 2. The fourth-order valence-corrected chi connectivity index (χ4v) is 4.00. The van der Waals surface area contributed by atoms with Gasteiger partial charge in [0.1, 0.15) is 12.1 Å². The summed E-state index contributed by atoms with van der Waals surface area (Å²) < 4.78 is 26.0. The lowest BCUT2D eigenvalue weighted by Gasteiger charge is -2.24. The molecule has 1 unspecified atom stereocenters. The second-order valence-corrected chi connectivity index (χ2v) is 7.45. The molecule has 0 spiro atoms. The van der Waals surface area contributed by atoms with Gasteiger partial charge in [0.05, 0.1) is 4.90 Å². The number of hydrogen-bond acceptors (Lipinski definition) is 5. The van der Waals surface area contributed by atoms with E-state index in [-0.39, 0.29) is 17.7 Å². The van der Waals surface area contributed by atoms with Crippen LogP contribution in [0.3, 0.4) is 0 Å². The first kappa shape index (κ1) is 17.9. The van der Waals surface area contributed by atoms with E-state index in [1.165, 1.54) is 19.1 Å². The number of aliphatic carboxylic acids is 1. The maximum Gasteiger partial charge on any atom is 0.325 e. The first-order valence-corrected chi connectivity index (χ1v) is 8.75. The predicted octanol–water partition coefficient (Wildman–Crippen LogP) is 0.264. The molecule has 2 atom stereocenters. The molecule has 2 N–H and O–H groups in total. The lowest BCUT2D eigenvalue weighted by atomic mass is 10.2. The summed E-state index contributed by atoms with van der Waals surface area (Å²) >= 11 is 0. The van der Waals surface area contributed by atoms with Crippen LogP contribution >= 0.6 is 0 Å². The van der Waals surface area contributed by atoms with Gasteiger partial charge in [0, 0.05) is 6.42 Å². The minimum absolute atomic E-state index is 0.0160. The van der Waals surface area contributed by atoms with Gasteiger partial charge in [0.2, 0.25) is 11.8 Å². The minimum atomic E-state index is -4.18. The second kappa shape index (κ2) is 6.60. The van der Waals surface area contributed by atoms with Gasteiger partial charge >= 0.3 is 5.97 Å². The number of nitrogens with zero attached hydrogens (tertiary/aromatic N) is 1. The highest BCUT2D eigenvalue weighted by molar-refractivity contribution is 7.89. The lowest BCUT2D eigenvalue weighted by Crippen LogP contribution is -2.50. The number of carbonyl (C=O) groups excluding carboxylic acids is 2. The van der Waals surface area contributed by atoms with E-state index in [1.54, 1.807) is 19.1 Å². The van der Waals surface area contributed by atoms with Gasteiger partial charge in [-0.25, -0.2) is 12.7 Å². The average Bonchev–Trinajstić information content (AvgIpc) is 2.90. The van der Waals surface area contributed by atoms with E-state index in [0.29, 0.717) is 4.31 Å². The van der Waals surface area contributed by atoms with Crippen LogP contribution in [-0.2, 0) is 24.4 Å². The molecule has 0 aromatic heterocycles. The van der Waals surface area contributed by atoms with Crippen LogP contribution in [0.5, 0.6) is 0 Å². The van der Waals surface area contributed by atoms with Crippen molar-refractivity contribution < 1.29 is 27.9 Å². The molecule has 9 heteroatoms. The van der Waals surface area contributed by atoms with Gasteiger partial charge in [0.25, 0.3) is 10.0 Å². The molecule has 2 rings (SSSR count). The van der Waals surface area contributed by atoms with Gasteiger partial charge in [-0.1, -0.05) is 17.7 Å². The molecule has 1 aliphatic heterocycles. The molecule has 8 nitrogen and oxygen atoms in total. The molecule has 1 aliphatic rings. The summed E-state index contributed by atoms with van der Waals surface area (Å²) in [7, 11) is -4.18. The molecule has 1 aromatic rings. The molecule has 0 aliphatic carbocycles. The first-order chi connectivity index (χ1) is 11.1. The Morgan fingerprint density at radius 1 is 1.29 bits per heavy atom. The molecule has 24 heavy (non-hydrogen) atoms. The van der Waals surface area contributed by atoms with Crippen molar-refractivity contribution in [3.8, 4) is 0 Å². The van der Waals surface area contributed by atoms with E-state index in [1.807, 2.05) is 0 Å². The van der Waals surface area contributed by atoms with Crippen LogP contribution in [0, 0.1) is 6.92 Å². The van der Waals surface area contributed by atoms with Crippen LogP contribution in [0.15, 0.2) is 29.2 Å². The van der Waals surface area contributed by atoms with Crippen molar-refractivity contribution in [1.29, 1.82) is 0 Å². The minimum Gasteiger partial charge on any atom is -0.480 e. The molecule has 1 heterocycles. The fourth-order valence-electron chi connectivity index (χ4n) is 2.40. The van der Waals surface area contributed by atoms with Crippen LogP contribution in [0.25, 0.3) is 0 Å². The Bertz CT molecular complexity index is 772. The lowest BCUT2D eigenvalue weighted by molar-refractivity contribution is -0.141. The van der Waals surface area contributed by atoms with Crippen LogP contribution in [-0.4, -0.2) is 47.7 Å². The average molecular weight is 354 g/mol. The number of hydrogen-bond donors (Lipinski definition) is 2. The number of carboxylic acids is 1. The summed E-state index contributed by atoms with van der Waals surface area (Å²) in [5.74, 6) is -2.73. The second-order valence-electron chi connectivity index (χ2n) is 5.63. The molecule has 1 fully saturated rings. The Balaban J connectivity index is 2.31. The third-order valence-electron chi connectivity index (χ3n) is 3.77. The number of nitrogens with one attached hydrogen (secondary N) is 1. The standard InChI is InChI=1S/C15H18N2O6S/c1-9-3-5-11(6-4-9)24(22,23)17-12(7-8-13(17)18)14(19)16-10(2)15(20)21/h3-6,10,12H,7-8H2,1-2H3,(H,16,19)(H,20,21)/t10?,12-/m0/s1. The van der Waals surface area contributed by atoms with Crippen molar-refractivity contribution in [3.63, 3.8) is 0 Å². The summed E-state index contributed by atoms with van der Waals surface area (Å²) in [6.07, 6.45) is -0.0767. The zero-order valence-electron chi connectivity index (χ0n) is 13.2. The molecule has 0 radical (unpaired) electrons. The van der Waals surface area contributed by atoms with Crippen LogP contribution in [0.1, 0.15) is 25.3 Å². The van der Waals surface area contributed by atoms with E-state index < -0.39 is 39.9 Å². The third-order valence-corrected chi connectivity index (χ3v) is 5.61. The van der Waals surface area contributed by atoms with Crippen LogP contribution in [0.2, 0.25) is 0 Å². The third kappa shape index (κ3) is 3.40. The largest absolute Gasteiger partial charge is 0.480 e. The molecule has 0 bridgehead atoms. The Labute approximate surface area is 139 Å². The number of benzene rings is 1. The summed E-state index contributed by atoms with van der Waals surface area (Å²) in [6, 6.07) is 3.49. The van der Waals surface area contributed by atoms with E-state index in [4.69, 9.17) is 5.11 Å². The van der Waals surface area contributed by atoms with E-state index in [2.05, 4.69) is 5.32 Å². The summed E-state index contributed by atoms with van der Waals surface area (Å²) in [5, 5.41) is 11.0. The Kier molecular flexibility index (Phi) is 4.93. The van der Waals surface area contributed by atoms with Gasteiger partial charge < -0.3 is 10.4 Å². The molecule has 1 saturated heterocycles. The van der Waals surface area contributed by atoms with Crippen LogP contribution in [0.4, 0.5) is 0 Å². The van der Waals surface area contributed by atoms with Crippen molar-refractivity contribution in [3.05, 3.63) is 29.8 Å². The summed E-state index contributed by atoms with van der Waals surface area (Å²) in [5.41, 5.74) is 0.853. The smallest absolute Gasteiger partial charge is 0.325 e. The number of carbonyl (C=O) groups is 3. The van der Waals surface area contributed by atoms with Gasteiger partial charge in [-0.3, -0.25) is 14.4 Å². The van der Waals surface area contributed by atoms with E-state index in [0.717, 1.165) is 5.56 Å². The topological polar surface area (TPSA) is 121 Å². The van der Waals surface area contributed by atoms with Crippen molar-refractivity contribution in [2.24, 2.45) is 0 Å². The van der Waals surface area contributed by atoms with Crippen LogP contribution < -0.4 is 5.32 Å².